The lowest BCUT2D eigenvalue weighted by Gasteiger charge is -2.09. The molecule has 0 atom stereocenters. The summed E-state index contributed by atoms with van der Waals surface area (Å²) in [7, 11) is -3.96. The zero-order valence-corrected chi connectivity index (χ0v) is 14.4. The van der Waals surface area contributed by atoms with Gasteiger partial charge in [0.2, 0.25) is 10.0 Å². The predicted molar refractivity (Wildman–Crippen MR) is 88.0 cm³/mol. The summed E-state index contributed by atoms with van der Waals surface area (Å²) in [4.78, 5) is -0.249. The molecule has 2 aromatic carbocycles. The van der Waals surface area contributed by atoms with E-state index in [0.717, 1.165) is 24.3 Å². The molecule has 0 saturated carbocycles. The minimum Gasteiger partial charge on any atom is -0.478 e. The summed E-state index contributed by atoms with van der Waals surface area (Å²) < 4.78 is 84.4. The topological polar surface area (TPSA) is 64.6 Å². The van der Waals surface area contributed by atoms with Gasteiger partial charge in [0.25, 0.3) is 0 Å². The molecule has 0 saturated heterocycles. The Labute approximate surface area is 153 Å². The molecule has 0 aromatic heterocycles. The van der Waals surface area contributed by atoms with Crippen LogP contribution in [0.2, 0.25) is 0 Å². The van der Waals surface area contributed by atoms with Crippen molar-refractivity contribution in [2.75, 3.05) is 13.2 Å². The van der Waals surface area contributed by atoms with E-state index in [9.17, 15) is 26.0 Å². The molecule has 0 heterocycles. The zero-order chi connectivity index (χ0) is 19.9. The van der Waals surface area contributed by atoms with Gasteiger partial charge in [0.15, 0.2) is 11.6 Å². The number of rotatable bonds is 6. The fourth-order valence-corrected chi connectivity index (χ4v) is 2.75. The molecule has 5 nitrogen and oxygen atoms in total. The third-order valence-corrected chi connectivity index (χ3v) is 4.40. The summed E-state index contributed by atoms with van der Waals surface area (Å²) in [6, 6.07) is 9.45. The maximum atomic E-state index is 13.3. The molecule has 2 rings (SSSR count). The van der Waals surface area contributed by atoms with Gasteiger partial charge in [-0.3, -0.25) is 0 Å². The lowest BCUT2D eigenvalue weighted by atomic mass is 10.3. The number of ether oxygens (including phenoxy) is 2. The van der Waals surface area contributed by atoms with Crippen LogP contribution in [0, 0.1) is 17.7 Å². The Bertz CT molecular complexity index is 932. The van der Waals surface area contributed by atoms with Crippen molar-refractivity contribution in [1.29, 1.82) is 0 Å². The fraction of sp³-hybridized carbons (Fsp3) is 0.176. The van der Waals surface area contributed by atoms with Crippen molar-refractivity contribution in [2.45, 2.75) is 11.3 Å². The highest BCUT2D eigenvalue weighted by Gasteiger charge is 2.31. The minimum absolute atomic E-state index is 0.0218. The number of para-hydroxylation sites is 1. The quantitative estimate of drug-likeness (QED) is 0.595. The van der Waals surface area contributed by atoms with Crippen LogP contribution < -0.4 is 14.2 Å². The first-order chi connectivity index (χ1) is 12.7. The standard InChI is InChI=1S/C17H13F4NO4S/c18-15-5-1-2-6-16(15)25-12-4-3-11-22-27(23,24)14-9-7-13(8-10-14)26-17(19,20)21/h1-2,5-10,22H,11-12H2. The molecule has 0 spiro atoms. The largest absolute Gasteiger partial charge is 0.573 e. The molecule has 2 aromatic rings. The summed E-state index contributed by atoms with van der Waals surface area (Å²) in [6.07, 6.45) is -4.86. The van der Waals surface area contributed by atoms with Gasteiger partial charge in [0, 0.05) is 0 Å². The van der Waals surface area contributed by atoms with E-state index in [1.807, 2.05) is 0 Å². The van der Waals surface area contributed by atoms with Crippen molar-refractivity contribution < 1.29 is 35.5 Å². The first-order valence-corrected chi connectivity index (χ1v) is 8.84. The highest BCUT2D eigenvalue weighted by molar-refractivity contribution is 7.89. The van der Waals surface area contributed by atoms with Crippen LogP contribution >= 0.6 is 0 Å². The van der Waals surface area contributed by atoms with Crippen molar-refractivity contribution in [2.24, 2.45) is 0 Å². The van der Waals surface area contributed by atoms with Crippen LogP contribution in [0.1, 0.15) is 0 Å². The average molecular weight is 403 g/mol. The molecule has 0 amide bonds. The molecule has 0 fully saturated rings. The molecule has 1 N–H and O–H groups in total. The van der Waals surface area contributed by atoms with Crippen molar-refractivity contribution in [1.82, 2.24) is 4.72 Å². The van der Waals surface area contributed by atoms with E-state index < -0.39 is 28.0 Å². The smallest absolute Gasteiger partial charge is 0.478 e. The van der Waals surface area contributed by atoms with E-state index in [-0.39, 0.29) is 23.8 Å². The van der Waals surface area contributed by atoms with Crippen molar-refractivity contribution in [3.8, 4) is 23.3 Å². The van der Waals surface area contributed by atoms with E-state index in [0.29, 0.717) is 0 Å². The average Bonchev–Trinajstić information content (AvgIpc) is 2.58. The van der Waals surface area contributed by atoms with E-state index >= 15 is 0 Å². The number of nitrogens with one attached hydrogen (secondary N) is 1. The maximum Gasteiger partial charge on any atom is 0.573 e. The van der Waals surface area contributed by atoms with Gasteiger partial charge in [-0.2, -0.15) is 4.72 Å². The second kappa shape index (κ2) is 8.75. The lowest BCUT2D eigenvalue weighted by molar-refractivity contribution is -0.274. The normalized spacial score (nSPS) is 11.4. The highest BCUT2D eigenvalue weighted by atomic mass is 32.2. The fourth-order valence-electron chi connectivity index (χ4n) is 1.82. The number of hydrogen-bond acceptors (Lipinski definition) is 4. The Hall–Kier alpha value is -2.77. The van der Waals surface area contributed by atoms with Crippen LogP contribution in [0.25, 0.3) is 0 Å². The molecular formula is C17H13F4NO4S. The first-order valence-electron chi connectivity index (χ1n) is 7.36. The molecule has 10 heteroatoms. The Morgan fingerprint density at radius 3 is 2.30 bits per heavy atom. The van der Waals surface area contributed by atoms with Gasteiger partial charge in [-0.25, -0.2) is 12.8 Å². The van der Waals surface area contributed by atoms with Crippen molar-refractivity contribution in [3.63, 3.8) is 0 Å². The predicted octanol–water partition coefficient (Wildman–Crippen LogP) is 3.09. The Balaban J connectivity index is 1.85. The summed E-state index contributed by atoms with van der Waals surface area (Å²) in [5, 5.41) is 0. The number of hydrogen-bond donors (Lipinski definition) is 1. The number of benzene rings is 2. The van der Waals surface area contributed by atoms with Gasteiger partial charge in [-0.05, 0) is 36.4 Å². The van der Waals surface area contributed by atoms with Gasteiger partial charge in [0.05, 0.1) is 11.4 Å². The molecular weight excluding hydrogens is 390 g/mol. The van der Waals surface area contributed by atoms with Gasteiger partial charge < -0.3 is 9.47 Å². The Kier molecular flexibility index (Phi) is 6.65. The molecule has 144 valence electrons. The molecule has 0 radical (unpaired) electrons. The van der Waals surface area contributed by atoms with E-state index in [1.165, 1.54) is 18.2 Å². The Morgan fingerprint density at radius 1 is 1.00 bits per heavy atom. The van der Waals surface area contributed by atoms with Crippen LogP contribution in [-0.2, 0) is 10.0 Å². The molecule has 0 aliphatic rings. The van der Waals surface area contributed by atoms with E-state index in [2.05, 4.69) is 21.3 Å². The number of alkyl halides is 3. The van der Waals surface area contributed by atoms with Crippen LogP contribution in [0.3, 0.4) is 0 Å². The maximum absolute atomic E-state index is 13.3. The SMILES string of the molecule is O=S(=O)(NCC#CCOc1ccccc1F)c1ccc(OC(F)(F)F)cc1. The van der Waals surface area contributed by atoms with Crippen molar-refractivity contribution in [3.05, 3.63) is 54.3 Å². The van der Waals surface area contributed by atoms with Crippen LogP contribution in [0.4, 0.5) is 17.6 Å². The molecule has 0 aliphatic carbocycles. The zero-order valence-electron chi connectivity index (χ0n) is 13.6. The third-order valence-electron chi connectivity index (χ3n) is 2.98. The summed E-state index contributed by atoms with van der Waals surface area (Å²) in [6.45, 7) is -0.407. The van der Waals surface area contributed by atoms with Crippen LogP contribution in [-0.4, -0.2) is 27.9 Å². The van der Waals surface area contributed by atoms with Crippen molar-refractivity contribution >= 4 is 10.0 Å². The monoisotopic (exact) mass is 403 g/mol. The highest BCUT2D eigenvalue weighted by Crippen LogP contribution is 2.23. The van der Waals surface area contributed by atoms with Gasteiger partial charge in [-0.15, -0.1) is 13.2 Å². The second-order valence-electron chi connectivity index (χ2n) is 4.92. The van der Waals surface area contributed by atoms with Gasteiger partial charge in [0.1, 0.15) is 12.4 Å². The molecule has 0 bridgehead atoms. The minimum atomic E-state index is -4.86. The first kappa shape index (κ1) is 20.5. The lowest BCUT2D eigenvalue weighted by Crippen LogP contribution is -2.24. The second-order valence-corrected chi connectivity index (χ2v) is 6.68. The molecule has 27 heavy (non-hydrogen) atoms. The van der Waals surface area contributed by atoms with Gasteiger partial charge >= 0.3 is 6.36 Å². The summed E-state index contributed by atoms with van der Waals surface area (Å²) >= 11 is 0. The summed E-state index contributed by atoms with van der Waals surface area (Å²) in [5.41, 5.74) is 0. The van der Waals surface area contributed by atoms with Crippen LogP contribution in [0.5, 0.6) is 11.5 Å². The van der Waals surface area contributed by atoms with E-state index in [4.69, 9.17) is 4.74 Å². The molecule has 0 unspecified atom stereocenters. The Morgan fingerprint density at radius 2 is 1.67 bits per heavy atom. The van der Waals surface area contributed by atoms with Gasteiger partial charge in [-0.1, -0.05) is 24.0 Å². The van der Waals surface area contributed by atoms with Crippen LogP contribution in [0.15, 0.2) is 53.4 Å². The number of sulfonamides is 1. The third kappa shape index (κ3) is 6.80. The molecule has 0 aliphatic heterocycles. The van der Waals surface area contributed by atoms with E-state index in [1.54, 1.807) is 6.07 Å². The summed E-state index contributed by atoms with van der Waals surface area (Å²) in [5.74, 6) is 3.93. The number of halogens is 4.